The van der Waals surface area contributed by atoms with Crippen molar-refractivity contribution in [2.75, 3.05) is 33.0 Å². The van der Waals surface area contributed by atoms with E-state index in [0.29, 0.717) is 25.6 Å². The van der Waals surface area contributed by atoms with Crippen LogP contribution in [0.15, 0.2) is 54.6 Å². The molecule has 1 saturated heterocycles. The largest absolute Gasteiger partial charge is 0.454 e. The zero-order valence-corrected chi connectivity index (χ0v) is 16.0. The maximum Gasteiger partial charge on any atom is 0.271 e. The molecule has 1 amide bonds. The van der Waals surface area contributed by atoms with Crippen LogP contribution in [0.25, 0.3) is 11.3 Å². The Morgan fingerprint density at radius 3 is 2.59 bits per heavy atom. The van der Waals surface area contributed by atoms with E-state index in [1.165, 1.54) is 5.56 Å². The van der Waals surface area contributed by atoms with E-state index in [2.05, 4.69) is 21.2 Å². The lowest BCUT2D eigenvalue weighted by Crippen LogP contribution is -2.48. The lowest BCUT2D eigenvalue weighted by atomic mass is 10.1. The average molecular weight is 390 g/mol. The zero-order chi connectivity index (χ0) is 19.6. The Morgan fingerprint density at radius 2 is 1.76 bits per heavy atom. The van der Waals surface area contributed by atoms with Crippen molar-refractivity contribution in [2.24, 2.45) is 0 Å². The molecule has 29 heavy (non-hydrogen) atoms. The van der Waals surface area contributed by atoms with E-state index in [0.717, 1.165) is 42.4 Å². The summed E-state index contributed by atoms with van der Waals surface area (Å²) in [6.45, 7) is 4.19. The highest BCUT2D eigenvalue weighted by Gasteiger charge is 2.24. The van der Waals surface area contributed by atoms with E-state index < -0.39 is 0 Å². The number of piperazine rings is 1. The normalized spacial score (nSPS) is 16.2. The Labute approximate surface area is 168 Å². The van der Waals surface area contributed by atoms with Gasteiger partial charge in [-0.2, -0.15) is 5.10 Å². The summed E-state index contributed by atoms with van der Waals surface area (Å²) in [7, 11) is 0. The number of hydrogen-bond acceptors (Lipinski definition) is 5. The number of fused-ring (bicyclic) bond motifs is 1. The lowest BCUT2D eigenvalue weighted by molar-refractivity contribution is 0.0622. The zero-order valence-electron chi connectivity index (χ0n) is 16.0. The van der Waals surface area contributed by atoms with E-state index in [-0.39, 0.29) is 5.91 Å². The first-order valence-corrected chi connectivity index (χ1v) is 9.77. The highest BCUT2D eigenvalue weighted by Crippen LogP contribution is 2.32. The second-order valence-corrected chi connectivity index (χ2v) is 7.29. The summed E-state index contributed by atoms with van der Waals surface area (Å²) in [5.74, 6) is 1.62. The number of H-pyrrole nitrogens is 1. The molecule has 3 aromatic rings. The molecule has 2 aliphatic rings. The molecule has 1 fully saturated rings. The van der Waals surface area contributed by atoms with Gasteiger partial charge in [0.25, 0.3) is 5.91 Å². The summed E-state index contributed by atoms with van der Waals surface area (Å²) in [5.41, 5.74) is 3.51. The molecule has 1 N–H and O–H groups in total. The van der Waals surface area contributed by atoms with E-state index in [1.807, 2.05) is 53.4 Å². The Balaban J connectivity index is 1.18. The summed E-state index contributed by atoms with van der Waals surface area (Å²) in [5, 5.41) is 7.19. The van der Waals surface area contributed by atoms with Gasteiger partial charge >= 0.3 is 0 Å². The molecule has 0 radical (unpaired) electrons. The van der Waals surface area contributed by atoms with Crippen LogP contribution in [0.5, 0.6) is 11.5 Å². The van der Waals surface area contributed by atoms with Crippen LogP contribution in [-0.4, -0.2) is 58.9 Å². The summed E-state index contributed by atoms with van der Waals surface area (Å²) in [4.78, 5) is 17.1. The molecule has 148 valence electrons. The first-order chi connectivity index (χ1) is 14.3. The predicted octanol–water partition coefficient (Wildman–Crippen LogP) is 2.76. The molecule has 0 unspecified atom stereocenters. The van der Waals surface area contributed by atoms with Crippen molar-refractivity contribution in [3.05, 3.63) is 65.9 Å². The van der Waals surface area contributed by atoms with Crippen LogP contribution in [0.4, 0.5) is 0 Å². The second kappa shape index (κ2) is 7.60. The Hall–Kier alpha value is -3.32. The van der Waals surface area contributed by atoms with E-state index in [9.17, 15) is 4.79 Å². The predicted molar refractivity (Wildman–Crippen MR) is 108 cm³/mol. The number of rotatable bonds is 4. The summed E-state index contributed by atoms with van der Waals surface area (Å²) < 4.78 is 10.8. The molecule has 7 nitrogen and oxygen atoms in total. The number of nitrogens with zero attached hydrogens (tertiary/aromatic N) is 3. The molecule has 2 aliphatic heterocycles. The van der Waals surface area contributed by atoms with Crippen molar-refractivity contribution in [1.82, 2.24) is 20.0 Å². The standard InChI is InChI=1S/C22H22N4O3/c27-22(19-13-18(23-24-19)17-4-2-1-3-5-17)26-10-8-25(9-11-26)14-16-6-7-20-21(12-16)29-15-28-20/h1-7,12-13H,8-11,14-15H2,(H,23,24). The number of nitrogens with one attached hydrogen (secondary N) is 1. The molecular formula is C22H22N4O3. The van der Waals surface area contributed by atoms with E-state index >= 15 is 0 Å². The van der Waals surface area contributed by atoms with E-state index in [4.69, 9.17) is 9.47 Å². The topological polar surface area (TPSA) is 70.7 Å². The van der Waals surface area contributed by atoms with Gasteiger partial charge in [0.05, 0.1) is 5.69 Å². The van der Waals surface area contributed by atoms with Crippen LogP contribution < -0.4 is 9.47 Å². The fourth-order valence-electron chi connectivity index (χ4n) is 3.76. The third kappa shape index (κ3) is 3.69. The summed E-state index contributed by atoms with van der Waals surface area (Å²) >= 11 is 0. The van der Waals surface area contributed by atoms with E-state index in [1.54, 1.807) is 0 Å². The highest BCUT2D eigenvalue weighted by molar-refractivity contribution is 5.93. The van der Waals surface area contributed by atoms with Gasteiger partial charge in [0.1, 0.15) is 5.69 Å². The average Bonchev–Trinajstić information content (AvgIpc) is 3.44. The van der Waals surface area contributed by atoms with Crippen LogP contribution >= 0.6 is 0 Å². The number of benzene rings is 2. The highest BCUT2D eigenvalue weighted by atomic mass is 16.7. The van der Waals surface area contributed by atoms with Crippen molar-refractivity contribution < 1.29 is 14.3 Å². The number of aromatic amines is 1. The SMILES string of the molecule is O=C(c1cc(-c2ccccc2)n[nH]1)N1CCN(Cc2ccc3c(c2)OCO3)CC1. The smallest absolute Gasteiger partial charge is 0.271 e. The van der Waals surface area contributed by atoms with Gasteiger partial charge in [-0.3, -0.25) is 14.8 Å². The molecule has 3 heterocycles. The Kier molecular flexibility index (Phi) is 4.65. The summed E-state index contributed by atoms with van der Waals surface area (Å²) in [6, 6.07) is 17.8. The monoisotopic (exact) mass is 390 g/mol. The van der Waals surface area contributed by atoms with Gasteiger partial charge in [0, 0.05) is 38.3 Å². The van der Waals surface area contributed by atoms with Crippen molar-refractivity contribution in [2.45, 2.75) is 6.54 Å². The van der Waals surface area contributed by atoms with Crippen LogP contribution in [0, 0.1) is 0 Å². The molecule has 2 aromatic carbocycles. The Bertz CT molecular complexity index is 1010. The van der Waals surface area contributed by atoms with Gasteiger partial charge in [-0.25, -0.2) is 0 Å². The molecule has 7 heteroatoms. The first-order valence-electron chi connectivity index (χ1n) is 9.77. The van der Waals surface area contributed by atoms with Gasteiger partial charge in [-0.1, -0.05) is 36.4 Å². The number of ether oxygens (including phenoxy) is 2. The van der Waals surface area contributed by atoms with Crippen LogP contribution in [0.3, 0.4) is 0 Å². The molecule has 1 aromatic heterocycles. The van der Waals surface area contributed by atoms with Crippen molar-refractivity contribution in [3.8, 4) is 22.8 Å². The fourth-order valence-corrected chi connectivity index (χ4v) is 3.76. The van der Waals surface area contributed by atoms with Crippen LogP contribution in [0.2, 0.25) is 0 Å². The maximum absolute atomic E-state index is 12.8. The van der Waals surface area contributed by atoms with Gasteiger partial charge < -0.3 is 14.4 Å². The summed E-state index contributed by atoms with van der Waals surface area (Å²) in [6.07, 6.45) is 0. The minimum Gasteiger partial charge on any atom is -0.454 e. The quantitative estimate of drug-likeness (QED) is 0.742. The van der Waals surface area contributed by atoms with Gasteiger partial charge in [0.15, 0.2) is 11.5 Å². The number of aromatic nitrogens is 2. The maximum atomic E-state index is 12.8. The lowest BCUT2D eigenvalue weighted by Gasteiger charge is -2.34. The molecule has 5 rings (SSSR count). The van der Waals surface area contributed by atoms with Crippen molar-refractivity contribution in [3.63, 3.8) is 0 Å². The minimum atomic E-state index is 0.00223. The van der Waals surface area contributed by atoms with Crippen molar-refractivity contribution in [1.29, 1.82) is 0 Å². The molecule has 0 bridgehead atoms. The second-order valence-electron chi connectivity index (χ2n) is 7.29. The minimum absolute atomic E-state index is 0.00223. The first kappa shape index (κ1) is 17.8. The van der Waals surface area contributed by atoms with Gasteiger partial charge in [0.2, 0.25) is 6.79 Å². The van der Waals surface area contributed by atoms with Crippen LogP contribution in [0.1, 0.15) is 16.1 Å². The van der Waals surface area contributed by atoms with Crippen molar-refractivity contribution >= 4 is 5.91 Å². The third-order valence-corrected chi connectivity index (χ3v) is 5.38. The number of hydrogen-bond donors (Lipinski definition) is 1. The third-order valence-electron chi connectivity index (χ3n) is 5.38. The van der Waals surface area contributed by atoms with Gasteiger partial charge in [-0.05, 0) is 23.8 Å². The number of amides is 1. The Morgan fingerprint density at radius 1 is 0.966 bits per heavy atom. The molecule has 0 atom stereocenters. The molecular weight excluding hydrogens is 368 g/mol. The number of carbonyl (C=O) groups is 1. The van der Waals surface area contributed by atoms with Gasteiger partial charge in [-0.15, -0.1) is 0 Å². The molecule has 0 spiro atoms. The fraction of sp³-hybridized carbons (Fsp3) is 0.273. The number of carbonyl (C=O) groups excluding carboxylic acids is 1. The molecule has 0 aliphatic carbocycles. The molecule has 0 saturated carbocycles. The van der Waals surface area contributed by atoms with Crippen LogP contribution in [-0.2, 0) is 6.54 Å².